The van der Waals surface area contributed by atoms with Crippen molar-refractivity contribution in [2.45, 2.75) is 19.3 Å². The van der Waals surface area contributed by atoms with E-state index in [1.165, 1.54) is 5.56 Å². The monoisotopic (exact) mass is 391 g/mol. The lowest BCUT2D eigenvalue weighted by molar-refractivity contribution is -0.118. The fourth-order valence-electron chi connectivity index (χ4n) is 4.42. The summed E-state index contributed by atoms with van der Waals surface area (Å²) < 4.78 is 5.36. The first kappa shape index (κ1) is 19.5. The van der Waals surface area contributed by atoms with Crippen LogP contribution in [-0.4, -0.2) is 50.1 Å². The molecule has 1 aliphatic rings. The van der Waals surface area contributed by atoms with Gasteiger partial charge in [-0.2, -0.15) is 0 Å². The van der Waals surface area contributed by atoms with Crippen molar-refractivity contribution in [3.63, 3.8) is 0 Å². The number of carbonyl (C=O) groups is 1. The molecule has 3 aromatic rings. The van der Waals surface area contributed by atoms with Crippen molar-refractivity contribution in [2.75, 3.05) is 39.2 Å². The molecule has 1 unspecified atom stereocenters. The maximum Gasteiger partial charge on any atom is 0.227 e. The van der Waals surface area contributed by atoms with Crippen molar-refractivity contribution >= 4 is 22.5 Å². The number of hydrogen-bond donors (Lipinski definition) is 1. The minimum absolute atomic E-state index is 0.193. The number of ether oxygens (including phenoxy) is 1. The lowest BCUT2D eigenvalue weighted by Crippen LogP contribution is -2.43. The van der Waals surface area contributed by atoms with Crippen molar-refractivity contribution in [3.8, 4) is 5.75 Å². The van der Waals surface area contributed by atoms with E-state index in [1.54, 1.807) is 7.11 Å². The van der Waals surface area contributed by atoms with E-state index >= 15 is 0 Å². The molecule has 5 nitrogen and oxygen atoms in total. The van der Waals surface area contributed by atoms with Crippen LogP contribution in [0.15, 0.2) is 48.7 Å². The van der Waals surface area contributed by atoms with E-state index in [9.17, 15) is 4.79 Å². The fourth-order valence-corrected chi connectivity index (χ4v) is 4.42. The van der Waals surface area contributed by atoms with Gasteiger partial charge in [-0.25, -0.2) is 0 Å². The predicted molar refractivity (Wildman–Crippen MR) is 118 cm³/mol. The van der Waals surface area contributed by atoms with E-state index in [0.29, 0.717) is 18.8 Å². The molecule has 0 saturated heterocycles. The van der Waals surface area contributed by atoms with Crippen LogP contribution >= 0.6 is 0 Å². The van der Waals surface area contributed by atoms with E-state index in [2.05, 4.69) is 42.2 Å². The van der Waals surface area contributed by atoms with E-state index in [0.717, 1.165) is 47.4 Å². The first-order valence-electron chi connectivity index (χ1n) is 10.2. The van der Waals surface area contributed by atoms with Gasteiger partial charge < -0.3 is 19.5 Å². The zero-order chi connectivity index (χ0) is 20.4. The second-order valence-electron chi connectivity index (χ2n) is 8.19. The summed E-state index contributed by atoms with van der Waals surface area (Å²) in [5, 5.41) is 1.13. The van der Waals surface area contributed by atoms with E-state index in [1.807, 2.05) is 35.4 Å². The Morgan fingerprint density at radius 1 is 1.24 bits per heavy atom. The van der Waals surface area contributed by atoms with Crippen LogP contribution in [0, 0.1) is 5.92 Å². The molecule has 0 saturated carbocycles. The number of methoxy groups -OCH3 is 1. The van der Waals surface area contributed by atoms with Crippen molar-refractivity contribution < 1.29 is 9.53 Å². The van der Waals surface area contributed by atoms with Crippen molar-refractivity contribution in [2.24, 2.45) is 5.92 Å². The Balaban J connectivity index is 1.52. The van der Waals surface area contributed by atoms with Gasteiger partial charge in [-0.15, -0.1) is 0 Å². The highest BCUT2D eigenvalue weighted by Gasteiger charge is 2.28. The number of carbonyl (C=O) groups excluding carboxylic acids is 1. The smallest absolute Gasteiger partial charge is 0.227 e. The number of anilines is 1. The minimum Gasteiger partial charge on any atom is -0.497 e. The molecule has 152 valence electrons. The number of aromatic nitrogens is 1. The molecule has 1 atom stereocenters. The highest BCUT2D eigenvalue weighted by molar-refractivity contribution is 5.95. The molecule has 0 bridgehead atoms. The van der Waals surface area contributed by atoms with Crippen LogP contribution in [0.5, 0.6) is 5.75 Å². The third kappa shape index (κ3) is 4.15. The molecular weight excluding hydrogens is 362 g/mol. The van der Waals surface area contributed by atoms with Gasteiger partial charge in [0.1, 0.15) is 5.75 Å². The normalized spacial score (nSPS) is 16.3. The maximum atomic E-state index is 13.2. The van der Waals surface area contributed by atoms with Crippen LogP contribution < -0.4 is 9.64 Å². The predicted octanol–water partition coefficient (Wildman–Crippen LogP) is 3.88. The first-order chi connectivity index (χ1) is 14.0. The van der Waals surface area contributed by atoms with Crippen molar-refractivity contribution in [1.82, 2.24) is 9.88 Å². The largest absolute Gasteiger partial charge is 0.497 e. The number of H-pyrrole nitrogens is 1. The number of aromatic amines is 1. The molecule has 0 aliphatic carbocycles. The van der Waals surface area contributed by atoms with Gasteiger partial charge in [0, 0.05) is 42.3 Å². The molecule has 5 heteroatoms. The van der Waals surface area contributed by atoms with Crippen LogP contribution in [0.25, 0.3) is 10.9 Å². The molecule has 1 N–H and O–H groups in total. The van der Waals surface area contributed by atoms with E-state index < -0.39 is 0 Å². The number of amides is 1. The topological polar surface area (TPSA) is 48.6 Å². The Labute approximate surface area is 172 Å². The van der Waals surface area contributed by atoms with Crippen LogP contribution in [0.2, 0.25) is 0 Å². The SMILES string of the molecule is COc1ccc2[nH]cc(CCC(=O)N3CC(CN(C)C)Cc4ccccc43)c2c1. The van der Waals surface area contributed by atoms with Gasteiger partial charge >= 0.3 is 0 Å². The first-order valence-corrected chi connectivity index (χ1v) is 10.2. The highest BCUT2D eigenvalue weighted by Crippen LogP contribution is 2.31. The summed E-state index contributed by atoms with van der Waals surface area (Å²) in [4.78, 5) is 20.7. The third-order valence-corrected chi connectivity index (χ3v) is 5.74. The number of hydrogen-bond acceptors (Lipinski definition) is 3. The fraction of sp³-hybridized carbons (Fsp3) is 0.375. The average molecular weight is 392 g/mol. The molecule has 0 spiro atoms. The Hall–Kier alpha value is -2.79. The number of para-hydroxylation sites is 1. The average Bonchev–Trinajstić information content (AvgIpc) is 3.13. The molecule has 1 amide bonds. The summed E-state index contributed by atoms with van der Waals surface area (Å²) in [5.74, 6) is 1.49. The molecule has 29 heavy (non-hydrogen) atoms. The summed E-state index contributed by atoms with van der Waals surface area (Å²) in [6.07, 6.45) is 4.24. The second-order valence-corrected chi connectivity index (χ2v) is 8.19. The number of benzene rings is 2. The molecule has 1 aromatic heterocycles. The van der Waals surface area contributed by atoms with Crippen molar-refractivity contribution in [1.29, 1.82) is 0 Å². The van der Waals surface area contributed by atoms with Crippen LogP contribution in [-0.2, 0) is 17.6 Å². The quantitative estimate of drug-likeness (QED) is 0.694. The van der Waals surface area contributed by atoms with E-state index in [4.69, 9.17) is 4.74 Å². The standard InChI is InChI=1S/C24H29N3O2/c1-26(2)15-17-12-18-6-4-5-7-23(18)27(16-17)24(28)11-8-19-14-25-22-10-9-20(29-3)13-21(19)22/h4-7,9-10,13-14,17,25H,8,11-12,15-16H2,1-3H3. The highest BCUT2D eigenvalue weighted by atomic mass is 16.5. The minimum atomic E-state index is 0.193. The number of nitrogens with one attached hydrogen (secondary N) is 1. The molecule has 4 rings (SSSR count). The molecule has 2 heterocycles. The maximum absolute atomic E-state index is 13.2. The third-order valence-electron chi connectivity index (χ3n) is 5.74. The Kier molecular flexibility index (Phi) is 5.58. The molecule has 2 aromatic carbocycles. The van der Waals surface area contributed by atoms with Crippen molar-refractivity contribution in [3.05, 3.63) is 59.8 Å². The lowest BCUT2D eigenvalue weighted by Gasteiger charge is -2.36. The summed E-state index contributed by atoms with van der Waals surface area (Å²) in [7, 11) is 5.87. The molecular formula is C24H29N3O2. The van der Waals surface area contributed by atoms with Gasteiger partial charge in [-0.05, 0) is 68.2 Å². The lowest BCUT2D eigenvalue weighted by atomic mass is 9.91. The summed E-state index contributed by atoms with van der Waals surface area (Å²) in [5.41, 5.74) is 4.58. The zero-order valence-corrected chi connectivity index (χ0v) is 17.4. The molecule has 1 aliphatic heterocycles. The summed E-state index contributed by atoms with van der Waals surface area (Å²) in [6.45, 7) is 1.77. The van der Waals surface area contributed by atoms with E-state index in [-0.39, 0.29) is 5.91 Å². The van der Waals surface area contributed by atoms with Gasteiger partial charge in [0.15, 0.2) is 0 Å². The molecule has 0 fully saturated rings. The number of fused-ring (bicyclic) bond motifs is 2. The van der Waals surface area contributed by atoms with Gasteiger partial charge in [-0.1, -0.05) is 18.2 Å². The zero-order valence-electron chi connectivity index (χ0n) is 17.4. The second kappa shape index (κ2) is 8.29. The Bertz CT molecular complexity index is 1010. The summed E-state index contributed by atoms with van der Waals surface area (Å²) in [6, 6.07) is 14.3. The number of aryl methyl sites for hydroxylation is 1. The summed E-state index contributed by atoms with van der Waals surface area (Å²) >= 11 is 0. The number of nitrogens with zero attached hydrogens (tertiary/aromatic N) is 2. The van der Waals surface area contributed by atoms with Gasteiger partial charge in [0.25, 0.3) is 0 Å². The van der Waals surface area contributed by atoms with Gasteiger partial charge in [-0.3, -0.25) is 4.79 Å². The Morgan fingerprint density at radius 3 is 2.86 bits per heavy atom. The van der Waals surface area contributed by atoms with Crippen LogP contribution in [0.3, 0.4) is 0 Å². The van der Waals surface area contributed by atoms with Crippen LogP contribution in [0.1, 0.15) is 17.5 Å². The Morgan fingerprint density at radius 2 is 2.07 bits per heavy atom. The van der Waals surface area contributed by atoms with Gasteiger partial charge in [0.2, 0.25) is 5.91 Å². The van der Waals surface area contributed by atoms with Gasteiger partial charge in [0.05, 0.1) is 7.11 Å². The molecule has 0 radical (unpaired) electrons. The number of rotatable bonds is 6. The van der Waals surface area contributed by atoms with Crippen LogP contribution in [0.4, 0.5) is 5.69 Å².